The number of carbonyl (C=O) groups is 2. The third-order valence-corrected chi connectivity index (χ3v) is 3.46. The van der Waals surface area contributed by atoms with Gasteiger partial charge in [0.15, 0.2) is 0 Å². The van der Waals surface area contributed by atoms with Crippen molar-refractivity contribution in [3.05, 3.63) is 0 Å². The number of rotatable bonds is 8. The molecule has 0 bridgehead atoms. The summed E-state index contributed by atoms with van der Waals surface area (Å²) in [5, 5.41) is 21.1. The highest BCUT2D eigenvalue weighted by Gasteiger charge is 2.47. The van der Waals surface area contributed by atoms with E-state index in [0.29, 0.717) is 19.6 Å². The van der Waals surface area contributed by atoms with Gasteiger partial charge in [-0.2, -0.15) is 0 Å². The van der Waals surface area contributed by atoms with Crippen molar-refractivity contribution in [3.8, 4) is 0 Å². The third-order valence-electron chi connectivity index (χ3n) is 3.46. The van der Waals surface area contributed by atoms with E-state index in [4.69, 9.17) is 14.9 Å². The fourth-order valence-corrected chi connectivity index (χ4v) is 2.48. The Labute approximate surface area is 131 Å². The first kappa shape index (κ1) is 18.7. The minimum absolute atomic E-state index is 0.0215. The molecule has 128 valence electrons. The Kier molecular flexibility index (Phi) is 6.62. The van der Waals surface area contributed by atoms with Crippen LogP contribution in [0, 0.1) is 0 Å². The summed E-state index contributed by atoms with van der Waals surface area (Å²) in [6.45, 7) is 6.93. The lowest BCUT2D eigenvalue weighted by Gasteiger charge is -2.49. The van der Waals surface area contributed by atoms with Crippen molar-refractivity contribution in [1.82, 2.24) is 10.2 Å². The number of likely N-dealkylation sites (tertiary alicyclic amines) is 1. The molecular formula is C15H28N2O5. The van der Waals surface area contributed by atoms with Crippen molar-refractivity contribution in [1.29, 1.82) is 0 Å². The predicted octanol–water partition coefficient (Wildman–Crippen LogP) is 1.20. The average molecular weight is 316 g/mol. The van der Waals surface area contributed by atoms with E-state index in [2.05, 4.69) is 5.32 Å². The van der Waals surface area contributed by atoms with Gasteiger partial charge in [0, 0.05) is 19.7 Å². The number of ether oxygens (including phenoxy) is 1. The van der Waals surface area contributed by atoms with Crippen LogP contribution in [0.2, 0.25) is 0 Å². The molecule has 0 saturated carbocycles. The van der Waals surface area contributed by atoms with Gasteiger partial charge >= 0.3 is 12.1 Å². The van der Waals surface area contributed by atoms with Crippen LogP contribution in [0.4, 0.5) is 4.79 Å². The van der Waals surface area contributed by atoms with Gasteiger partial charge in [0.05, 0.1) is 12.0 Å². The van der Waals surface area contributed by atoms with E-state index < -0.39 is 23.2 Å². The fraction of sp³-hybridized carbons (Fsp3) is 0.867. The van der Waals surface area contributed by atoms with E-state index in [1.165, 1.54) is 4.90 Å². The number of carbonyl (C=O) groups excluding carboxylic acids is 1. The molecule has 7 nitrogen and oxygen atoms in total. The minimum Gasteiger partial charge on any atom is -0.481 e. The van der Waals surface area contributed by atoms with Gasteiger partial charge in [-0.05, 0) is 46.6 Å². The smallest absolute Gasteiger partial charge is 0.410 e. The zero-order chi connectivity index (χ0) is 16.8. The van der Waals surface area contributed by atoms with Crippen LogP contribution in [0.3, 0.4) is 0 Å². The molecule has 7 heteroatoms. The lowest BCUT2D eigenvalue weighted by atomic mass is 9.86. The van der Waals surface area contributed by atoms with Gasteiger partial charge in [-0.3, -0.25) is 4.79 Å². The first-order valence-corrected chi connectivity index (χ1v) is 7.73. The average Bonchev–Trinajstić information content (AvgIpc) is 2.31. The summed E-state index contributed by atoms with van der Waals surface area (Å²) >= 11 is 0. The molecule has 1 rings (SSSR count). The number of aliphatic hydroxyl groups is 1. The summed E-state index contributed by atoms with van der Waals surface area (Å²) in [5.74, 6) is -0.883. The number of carboxylic acid groups (broad SMARTS) is 1. The van der Waals surface area contributed by atoms with Crippen molar-refractivity contribution in [3.63, 3.8) is 0 Å². The monoisotopic (exact) mass is 316 g/mol. The molecule has 0 radical (unpaired) electrons. The van der Waals surface area contributed by atoms with Crippen molar-refractivity contribution < 1.29 is 24.5 Å². The Morgan fingerprint density at radius 3 is 2.36 bits per heavy atom. The highest BCUT2D eigenvalue weighted by atomic mass is 16.6. The molecule has 1 heterocycles. The molecule has 0 unspecified atom stereocenters. The minimum atomic E-state index is -0.883. The molecule has 1 amide bonds. The SMILES string of the molecule is CC(C)(C)OC(=O)N1CC(CC(=O)O)(NCCCCCO)C1. The maximum absolute atomic E-state index is 11.9. The van der Waals surface area contributed by atoms with Crippen LogP contribution in [-0.4, -0.2) is 64.6 Å². The fourth-order valence-electron chi connectivity index (χ4n) is 2.48. The second-order valence-electron chi connectivity index (χ2n) is 6.90. The molecule has 1 aliphatic heterocycles. The topological polar surface area (TPSA) is 99.1 Å². The number of hydrogen-bond donors (Lipinski definition) is 3. The van der Waals surface area contributed by atoms with Gasteiger partial charge < -0.3 is 25.2 Å². The highest BCUT2D eigenvalue weighted by Crippen LogP contribution is 2.26. The molecule has 0 atom stereocenters. The Morgan fingerprint density at radius 2 is 1.86 bits per heavy atom. The summed E-state index contributed by atoms with van der Waals surface area (Å²) in [6.07, 6.45) is 2.08. The summed E-state index contributed by atoms with van der Waals surface area (Å²) < 4.78 is 5.28. The van der Waals surface area contributed by atoms with Crippen molar-refractivity contribution in [2.24, 2.45) is 0 Å². The number of aliphatic hydroxyl groups excluding tert-OH is 1. The number of nitrogens with one attached hydrogen (secondary N) is 1. The van der Waals surface area contributed by atoms with Gasteiger partial charge in [0.2, 0.25) is 0 Å². The number of unbranched alkanes of at least 4 members (excludes halogenated alkanes) is 2. The molecule has 0 aromatic rings. The van der Waals surface area contributed by atoms with Crippen LogP contribution in [0.5, 0.6) is 0 Å². The predicted molar refractivity (Wildman–Crippen MR) is 81.7 cm³/mol. The van der Waals surface area contributed by atoms with Crippen molar-refractivity contribution in [2.45, 2.75) is 57.6 Å². The summed E-state index contributed by atoms with van der Waals surface area (Å²) in [6, 6.07) is 0. The molecule has 1 fully saturated rings. The second-order valence-corrected chi connectivity index (χ2v) is 6.90. The molecule has 22 heavy (non-hydrogen) atoms. The molecule has 0 aliphatic carbocycles. The van der Waals surface area contributed by atoms with Gasteiger partial charge in [0.25, 0.3) is 0 Å². The molecule has 1 aliphatic rings. The Balaban J connectivity index is 2.45. The van der Waals surface area contributed by atoms with E-state index in [-0.39, 0.29) is 13.0 Å². The molecule has 0 aromatic carbocycles. The summed E-state index contributed by atoms with van der Waals surface area (Å²) in [4.78, 5) is 24.5. The number of nitrogens with zero attached hydrogens (tertiary/aromatic N) is 1. The zero-order valence-electron chi connectivity index (χ0n) is 13.7. The summed E-state index contributed by atoms with van der Waals surface area (Å²) in [7, 11) is 0. The van der Waals surface area contributed by atoms with Crippen LogP contribution in [0.1, 0.15) is 46.5 Å². The lowest BCUT2D eigenvalue weighted by Crippen LogP contribution is -2.71. The Morgan fingerprint density at radius 1 is 1.23 bits per heavy atom. The third kappa shape index (κ3) is 6.19. The van der Waals surface area contributed by atoms with Gasteiger partial charge in [0.1, 0.15) is 5.60 Å². The molecule has 1 saturated heterocycles. The molecular weight excluding hydrogens is 288 g/mol. The molecule has 0 aromatic heterocycles. The number of aliphatic carboxylic acids is 1. The van der Waals surface area contributed by atoms with Gasteiger partial charge in [-0.25, -0.2) is 4.79 Å². The largest absolute Gasteiger partial charge is 0.481 e. The number of carboxylic acids is 1. The first-order valence-electron chi connectivity index (χ1n) is 7.73. The number of hydrogen-bond acceptors (Lipinski definition) is 5. The van der Waals surface area contributed by atoms with Crippen molar-refractivity contribution in [2.75, 3.05) is 26.2 Å². The van der Waals surface area contributed by atoms with Crippen LogP contribution in [0.25, 0.3) is 0 Å². The van der Waals surface area contributed by atoms with E-state index in [9.17, 15) is 9.59 Å². The van der Waals surface area contributed by atoms with E-state index in [1.807, 2.05) is 0 Å². The molecule has 0 spiro atoms. The Bertz CT molecular complexity index is 386. The molecule has 3 N–H and O–H groups in total. The van der Waals surface area contributed by atoms with Crippen LogP contribution < -0.4 is 5.32 Å². The second kappa shape index (κ2) is 7.78. The Hall–Kier alpha value is -1.34. The maximum Gasteiger partial charge on any atom is 0.410 e. The number of amides is 1. The van der Waals surface area contributed by atoms with Crippen LogP contribution >= 0.6 is 0 Å². The lowest BCUT2D eigenvalue weighted by molar-refractivity contribution is -0.141. The standard InChI is InChI=1S/C15H28N2O5/c1-14(2,3)22-13(21)17-10-15(11-17,9-12(19)20)16-7-5-4-6-8-18/h16,18H,4-11H2,1-3H3,(H,19,20). The van der Waals surface area contributed by atoms with Crippen molar-refractivity contribution >= 4 is 12.1 Å². The summed E-state index contributed by atoms with van der Waals surface area (Å²) in [5.41, 5.74) is -1.12. The van der Waals surface area contributed by atoms with Gasteiger partial charge in [-0.15, -0.1) is 0 Å². The highest BCUT2D eigenvalue weighted by molar-refractivity contribution is 5.73. The van der Waals surface area contributed by atoms with Gasteiger partial charge in [-0.1, -0.05) is 0 Å². The normalized spacial score (nSPS) is 17.0. The maximum atomic E-state index is 11.9. The van der Waals surface area contributed by atoms with E-state index in [1.54, 1.807) is 20.8 Å². The van der Waals surface area contributed by atoms with E-state index in [0.717, 1.165) is 19.3 Å². The zero-order valence-corrected chi connectivity index (χ0v) is 13.7. The van der Waals surface area contributed by atoms with E-state index >= 15 is 0 Å². The van der Waals surface area contributed by atoms with Crippen LogP contribution in [0.15, 0.2) is 0 Å². The first-order chi connectivity index (χ1) is 10.2. The van der Waals surface area contributed by atoms with Crippen LogP contribution in [-0.2, 0) is 9.53 Å². The quantitative estimate of drug-likeness (QED) is 0.582.